The highest BCUT2D eigenvalue weighted by atomic mass is 32.2. The van der Waals surface area contributed by atoms with Gasteiger partial charge in [-0.1, -0.05) is 41.3 Å². The second-order valence-electron chi connectivity index (χ2n) is 5.08. The second-order valence-corrected chi connectivity index (χ2v) is 7.32. The van der Waals surface area contributed by atoms with Gasteiger partial charge < -0.3 is 5.32 Å². The summed E-state index contributed by atoms with van der Waals surface area (Å²) in [4.78, 5) is 28.8. The highest BCUT2D eigenvalue weighted by molar-refractivity contribution is 8.01. The summed E-state index contributed by atoms with van der Waals surface area (Å²) in [7, 11) is 0. The number of thioether (sulfide) groups is 1. The molecule has 0 aliphatic rings. The van der Waals surface area contributed by atoms with Gasteiger partial charge in [0.25, 0.3) is 5.56 Å². The maximum Gasteiger partial charge on any atom is 0.275 e. The third-order valence-electron chi connectivity index (χ3n) is 3.32. The van der Waals surface area contributed by atoms with Crippen LogP contribution in [-0.4, -0.2) is 26.4 Å². The number of aryl methyl sites for hydroxylation is 1. The minimum absolute atomic E-state index is 0.192. The number of fused-ring (bicyclic) bond motifs is 1. The number of carbonyl (C=O) groups is 1. The molecular weight excluding hydrogens is 358 g/mol. The van der Waals surface area contributed by atoms with Gasteiger partial charge in [-0.25, -0.2) is 9.67 Å². The fourth-order valence-electron chi connectivity index (χ4n) is 2.20. The van der Waals surface area contributed by atoms with Gasteiger partial charge in [-0.3, -0.25) is 9.59 Å². The van der Waals surface area contributed by atoms with Crippen molar-refractivity contribution in [1.29, 1.82) is 5.26 Å². The van der Waals surface area contributed by atoms with E-state index >= 15 is 0 Å². The maximum atomic E-state index is 12.4. The van der Waals surface area contributed by atoms with Crippen LogP contribution in [0.15, 0.2) is 39.5 Å². The van der Waals surface area contributed by atoms with Gasteiger partial charge in [0.15, 0.2) is 5.13 Å². The van der Waals surface area contributed by atoms with Crippen LogP contribution in [0, 0.1) is 18.3 Å². The lowest BCUT2D eigenvalue weighted by Crippen LogP contribution is -2.29. The van der Waals surface area contributed by atoms with Crippen molar-refractivity contribution < 1.29 is 4.79 Å². The van der Waals surface area contributed by atoms with Crippen LogP contribution in [0.2, 0.25) is 0 Å². The number of nitriles is 1. The van der Waals surface area contributed by atoms with E-state index in [1.807, 2.05) is 13.0 Å². The zero-order valence-electron chi connectivity index (χ0n) is 13.2. The molecule has 3 aromatic rings. The lowest BCUT2D eigenvalue weighted by Gasteiger charge is -2.05. The smallest absolute Gasteiger partial charge is 0.275 e. The molecule has 0 aliphatic carbocycles. The predicted octanol–water partition coefficient (Wildman–Crippen LogP) is 2.42. The van der Waals surface area contributed by atoms with E-state index in [1.54, 1.807) is 24.4 Å². The molecule has 9 heteroatoms. The number of hydrogen-bond acceptors (Lipinski definition) is 7. The van der Waals surface area contributed by atoms with Crippen molar-refractivity contribution in [1.82, 2.24) is 14.8 Å². The molecule has 3 rings (SSSR count). The minimum atomic E-state index is -0.379. The van der Waals surface area contributed by atoms with Crippen LogP contribution >= 0.6 is 23.1 Å². The van der Waals surface area contributed by atoms with Crippen molar-refractivity contribution in [2.24, 2.45) is 0 Å². The third-order valence-corrected chi connectivity index (χ3v) is 5.63. The van der Waals surface area contributed by atoms with Crippen LogP contribution in [0.1, 0.15) is 5.69 Å². The molecule has 25 heavy (non-hydrogen) atoms. The van der Waals surface area contributed by atoms with Crippen LogP contribution < -0.4 is 10.9 Å². The van der Waals surface area contributed by atoms with Gasteiger partial charge in [0.05, 0.1) is 33.3 Å². The number of nitrogens with one attached hydrogen (secondary N) is 1. The normalized spacial score (nSPS) is 10.6. The highest BCUT2D eigenvalue weighted by Gasteiger charge is 2.13. The Labute approximate surface area is 151 Å². The summed E-state index contributed by atoms with van der Waals surface area (Å²) >= 11 is 2.68. The molecule has 0 aliphatic heterocycles. The predicted molar refractivity (Wildman–Crippen MR) is 97.8 cm³/mol. The van der Waals surface area contributed by atoms with Gasteiger partial charge in [0.1, 0.15) is 6.54 Å². The van der Waals surface area contributed by atoms with E-state index in [-0.39, 0.29) is 18.0 Å². The molecule has 0 radical (unpaired) electrons. The topological polar surface area (TPSA) is 101 Å². The molecule has 7 nitrogen and oxygen atoms in total. The lowest BCUT2D eigenvalue weighted by atomic mass is 10.2. The molecule has 0 saturated heterocycles. The van der Waals surface area contributed by atoms with Gasteiger partial charge in [-0.15, -0.1) is 0 Å². The van der Waals surface area contributed by atoms with E-state index < -0.39 is 0 Å². The van der Waals surface area contributed by atoms with Gasteiger partial charge >= 0.3 is 0 Å². The Bertz CT molecular complexity index is 1030. The number of anilines is 1. The fourth-order valence-corrected chi connectivity index (χ4v) is 4.02. The molecule has 126 valence electrons. The summed E-state index contributed by atoms with van der Waals surface area (Å²) in [5.41, 5.74) is 0.454. The van der Waals surface area contributed by atoms with Crippen LogP contribution in [0.25, 0.3) is 10.8 Å². The van der Waals surface area contributed by atoms with Crippen molar-refractivity contribution in [3.05, 3.63) is 46.5 Å². The lowest BCUT2D eigenvalue weighted by molar-refractivity contribution is -0.117. The summed E-state index contributed by atoms with van der Waals surface area (Å²) in [6.45, 7) is 1.63. The Morgan fingerprint density at radius 1 is 1.44 bits per heavy atom. The molecular formula is C16H13N5O2S2. The number of thiazole rings is 1. The van der Waals surface area contributed by atoms with Gasteiger partial charge in [0.2, 0.25) is 5.91 Å². The second kappa shape index (κ2) is 7.46. The van der Waals surface area contributed by atoms with Crippen molar-refractivity contribution in [2.45, 2.75) is 17.7 Å². The Morgan fingerprint density at radius 2 is 2.24 bits per heavy atom. The molecule has 0 fully saturated rings. The van der Waals surface area contributed by atoms with Crippen LogP contribution in [0.4, 0.5) is 5.13 Å². The first-order chi connectivity index (χ1) is 12.1. The molecule has 0 atom stereocenters. The van der Waals surface area contributed by atoms with Gasteiger partial charge in [-0.2, -0.15) is 10.4 Å². The SMILES string of the molecule is Cc1nc(NC(=O)Cn2ncc3ccccc3c2=O)sc1SCC#N. The number of carbonyl (C=O) groups excluding carboxylic acids is 1. The molecule has 0 saturated carbocycles. The van der Waals surface area contributed by atoms with E-state index in [0.29, 0.717) is 16.3 Å². The average Bonchev–Trinajstić information content (AvgIpc) is 2.95. The minimum Gasteiger partial charge on any atom is -0.300 e. The number of nitrogens with zero attached hydrogens (tertiary/aromatic N) is 4. The van der Waals surface area contributed by atoms with E-state index in [2.05, 4.69) is 21.5 Å². The van der Waals surface area contributed by atoms with Crippen molar-refractivity contribution in [2.75, 3.05) is 11.1 Å². The van der Waals surface area contributed by atoms with E-state index in [1.165, 1.54) is 23.1 Å². The number of rotatable bonds is 5. The van der Waals surface area contributed by atoms with Crippen LogP contribution in [0.3, 0.4) is 0 Å². The quantitative estimate of drug-likeness (QED) is 0.691. The summed E-state index contributed by atoms with van der Waals surface area (Å²) in [6.07, 6.45) is 1.56. The largest absolute Gasteiger partial charge is 0.300 e. The zero-order chi connectivity index (χ0) is 17.8. The van der Waals surface area contributed by atoms with Crippen LogP contribution in [-0.2, 0) is 11.3 Å². The van der Waals surface area contributed by atoms with E-state index in [9.17, 15) is 9.59 Å². The van der Waals surface area contributed by atoms with Crippen molar-refractivity contribution >= 4 is 44.9 Å². The Kier molecular flexibility index (Phi) is 5.11. The summed E-state index contributed by atoms with van der Waals surface area (Å²) in [5, 5.41) is 17.0. The monoisotopic (exact) mass is 371 g/mol. The van der Waals surface area contributed by atoms with E-state index in [4.69, 9.17) is 5.26 Å². The maximum absolute atomic E-state index is 12.4. The number of amides is 1. The molecule has 1 aromatic carbocycles. The summed E-state index contributed by atoms with van der Waals surface area (Å²) < 4.78 is 2.02. The van der Waals surface area contributed by atoms with E-state index in [0.717, 1.165) is 20.0 Å². The Morgan fingerprint density at radius 3 is 3.04 bits per heavy atom. The third kappa shape index (κ3) is 3.87. The first kappa shape index (κ1) is 17.1. The first-order valence-corrected chi connectivity index (χ1v) is 9.10. The highest BCUT2D eigenvalue weighted by Crippen LogP contribution is 2.31. The number of hydrogen-bond donors (Lipinski definition) is 1. The molecule has 1 amide bonds. The average molecular weight is 371 g/mol. The molecule has 0 spiro atoms. The molecule has 1 N–H and O–H groups in total. The zero-order valence-corrected chi connectivity index (χ0v) is 14.9. The number of benzene rings is 1. The standard InChI is InChI=1S/C16H13N5O2S2/c1-10-15(24-7-6-17)25-16(19-10)20-13(22)9-21-14(23)12-5-3-2-4-11(12)8-18-21/h2-5,8H,7,9H2,1H3,(H,19,20,22). The number of aromatic nitrogens is 3. The molecule has 0 unspecified atom stereocenters. The summed E-state index contributed by atoms with van der Waals surface area (Å²) in [6, 6.07) is 9.16. The summed E-state index contributed by atoms with van der Waals surface area (Å²) in [5.74, 6) is -0.0530. The Hall–Kier alpha value is -2.70. The van der Waals surface area contributed by atoms with Gasteiger partial charge in [0, 0.05) is 5.39 Å². The van der Waals surface area contributed by atoms with Crippen molar-refractivity contribution in [3.8, 4) is 6.07 Å². The Balaban J connectivity index is 1.74. The van der Waals surface area contributed by atoms with Crippen molar-refractivity contribution in [3.63, 3.8) is 0 Å². The molecule has 0 bridgehead atoms. The fraction of sp³-hybridized carbons (Fsp3) is 0.188. The van der Waals surface area contributed by atoms with Crippen LogP contribution in [0.5, 0.6) is 0 Å². The molecule has 2 aromatic heterocycles. The van der Waals surface area contributed by atoms with Gasteiger partial charge in [-0.05, 0) is 13.0 Å². The molecule has 2 heterocycles. The first-order valence-electron chi connectivity index (χ1n) is 7.30.